The Morgan fingerprint density at radius 2 is 2.26 bits per heavy atom. The Balaban J connectivity index is 1.98. The summed E-state index contributed by atoms with van der Waals surface area (Å²) in [6.07, 6.45) is 7.65. The van der Waals surface area contributed by atoms with Crippen LogP contribution in [0.3, 0.4) is 0 Å². The Kier molecular flexibility index (Phi) is 4.26. The number of hydrogen-bond donors (Lipinski definition) is 0. The summed E-state index contributed by atoms with van der Waals surface area (Å²) < 4.78 is 24.5. The van der Waals surface area contributed by atoms with E-state index < -0.39 is 10.0 Å². The maximum Gasteiger partial charge on any atom is 0.211 e. The molecule has 2 rings (SSSR count). The number of Topliss-reactive ketones (excluding diaryl/α,β-unsaturated/α-hetero) is 1. The maximum absolute atomic E-state index is 12.0. The van der Waals surface area contributed by atoms with Crippen molar-refractivity contribution < 1.29 is 13.2 Å². The average molecular weight is 283 g/mol. The zero-order chi connectivity index (χ0) is 13.9. The molecule has 1 atom stereocenters. The van der Waals surface area contributed by atoms with Crippen LogP contribution in [-0.2, 0) is 10.0 Å². The molecule has 7 heteroatoms. The zero-order valence-electron chi connectivity index (χ0n) is 10.8. The second-order valence-corrected chi connectivity index (χ2v) is 6.83. The van der Waals surface area contributed by atoms with Gasteiger partial charge in [0.25, 0.3) is 0 Å². The molecule has 1 unspecified atom stereocenters. The predicted molar refractivity (Wildman–Crippen MR) is 70.1 cm³/mol. The normalized spacial score (nSPS) is 21.2. The van der Waals surface area contributed by atoms with Crippen molar-refractivity contribution in [2.45, 2.75) is 19.3 Å². The fraction of sp³-hybridized carbons (Fsp3) is 0.583. The number of piperidine rings is 1. The van der Waals surface area contributed by atoms with Crippen molar-refractivity contribution in [1.29, 1.82) is 0 Å². The molecule has 1 aliphatic rings. The summed E-state index contributed by atoms with van der Waals surface area (Å²) in [5, 5.41) is 0. The van der Waals surface area contributed by atoms with E-state index in [1.54, 1.807) is 0 Å². The third-order valence-corrected chi connectivity index (χ3v) is 4.54. The molecule has 0 bridgehead atoms. The summed E-state index contributed by atoms with van der Waals surface area (Å²) in [5.74, 6) is -0.00793. The van der Waals surface area contributed by atoms with Gasteiger partial charge < -0.3 is 0 Å². The van der Waals surface area contributed by atoms with Crippen molar-refractivity contribution in [1.82, 2.24) is 14.3 Å². The molecule has 2 heterocycles. The number of aromatic nitrogens is 2. The number of hydrogen-bond acceptors (Lipinski definition) is 5. The molecular formula is C12H17N3O3S. The fourth-order valence-electron chi connectivity index (χ4n) is 2.30. The Labute approximate surface area is 112 Å². The SMILES string of the molecule is CS(=O)(=O)N1CCCC(CC(=O)c2cnccn2)C1. The molecule has 1 saturated heterocycles. The van der Waals surface area contributed by atoms with Crippen molar-refractivity contribution >= 4 is 15.8 Å². The first-order valence-corrected chi connectivity index (χ1v) is 8.06. The van der Waals surface area contributed by atoms with Crippen molar-refractivity contribution in [2.75, 3.05) is 19.3 Å². The molecule has 1 aliphatic heterocycles. The van der Waals surface area contributed by atoms with Crippen LogP contribution in [-0.4, -0.2) is 47.8 Å². The highest BCUT2D eigenvalue weighted by molar-refractivity contribution is 7.88. The molecule has 0 saturated carbocycles. The molecule has 6 nitrogen and oxygen atoms in total. The quantitative estimate of drug-likeness (QED) is 0.761. The van der Waals surface area contributed by atoms with Crippen LogP contribution in [0.15, 0.2) is 18.6 Å². The number of carbonyl (C=O) groups is 1. The van der Waals surface area contributed by atoms with Crippen LogP contribution in [0, 0.1) is 5.92 Å². The van der Waals surface area contributed by atoms with Crippen LogP contribution in [0.5, 0.6) is 0 Å². The summed E-state index contributed by atoms with van der Waals surface area (Å²) in [5.41, 5.74) is 0.346. The molecule has 0 aromatic carbocycles. The Hall–Kier alpha value is -1.34. The minimum absolute atomic E-state index is 0.0676. The van der Waals surface area contributed by atoms with Gasteiger partial charge in [0.2, 0.25) is 10.0 Å². The summed E-state index contributed by atoms with van der Waals surface area (Å²) in [7, 11) is -3.17. The van der Waals surface area contributed by atoms with E-state index in [0.717, 1.165) is 12.8 Å². The van der Waals surface area contributed by atoms with Gasteiger partial charge in [0.15, 0.2) is 5.78 Å². The highest BCUT2D eigenvalue weighted by Crippen LogP contribution is 2.22. The topological polar surface area (TPSA) is 80.2 Å². The van der Waals surface area contributed by atoms with Gasteiger partial charge in [-0.05, 0) is 18.8 Å². The van der Waals surface area contributed by atoms with Gasteiger partial charge in [-0.15, -0.1) is 0 Å². The predicted octanol–water partition coefficient (Wildman–Crippen LogP) is 0.721. The minimum Gasteiger partial charge on any atom is -0.292 e. The second-order valence-electron chi connectivity index (χ2n) is 4.85. The van der Waals surface area contributed by atoms with E-state index in [2.05, 4.69) is 9.97 Å². The highest BCUT2D eigenvalue weighted by Gasteiger charge is 2.27. The van der Waals surface area contributed by atoms with Crippen LogP contribution in [0.2, 0.25) is 0 Å². The molecule has 1 aromatic rings. The molecule has 1 aromatic heterocycles. The maximum atomic E-state index is 12.0. The molecule has 19 heavy (non-hydrogen) atoms. The summed E-state index contributed by atoms with van der Waals surface area (Å²) in [4.78, 5) is 19.8. The van der Waals surface area contributed by atoms with Crippen LogP contribution in [0.1, 0.15) is 29.8 Å². The van der Waals surface area contributed by atoms with E-state index in [4.69, 9.17) is 0 Å². The molecule has 1 fully saturated rings. The number of carbonyl (C=O) groups excluding carboxylic acids is 1. The van der Waals surface area contributed by atoms with Crippen LogP contribution >= 0.6 is 0 Å². The van der Waals surface area contributed by atoms with Crippen molar-refractivity contribution in [3.8, 4) is 0 Å². The first-order chi connectivity index (χ1) is 8.97. The number of rotatable bonds is 4. The van der Waals surface area contributed by atoms with Crippen LogP contribution < -0.4 is 0 Å². The van der Waals surface area contributed by atoms with E-state index in [1.165, 1.54) is 29.2 Å². The highest BCUT2D eigenvalue weighted by atomic mass is 32.2. The van der Waals surface area contributed by atoms with Crippen molar-refractivity contribution in [2.24, 2.45) is 5.92 Å². The monoisotopic (exact) mass is 283 g/mol. The van der Waals surface area contributed by atoms with Crippen LogP contribution in [0.4, 0.5) is 0 Å². The van der Waals surface area contributed by atoms with Gasteiger partial charge in [0, 0.05) is 31.9 Å². The minimum atomic E-state index is -3.17. The van der Waals surface area contributed by atoms with Gasteiger partial charge in [-0.25, -0.2) is 17.7 Å². The summed E-state index contributed by atoms with van der Waals surface area (Å²) >= 11 is 0. The first kappa shape index (κ1) is 14.1. The fourth-order valence-corrected chi connectivity index (χ4v) is 3.25. The van der Waals surface area contributed by atoms with Crippen molar-refractivity contribution in [3.05, 3.63) is 24.3 Å². The Morgan fingerprint density at radius 1 is 1.47 bits per heavy atom. The molecule has 104 valence electrons. The lowest BCUT2D eigenvalue weighted by Crippen LogP contribution is -2.39. The number of sulfonamides is 1. The molecule has 0 amide bonds. The lowest BCUT2D eigenvalue weighted by molar-refractivity contribution is 0.0937. The van der Waals surface area contributed by atoms with Gasteiger partial charge in [0.05, 0.1) is 12.5 Å². The van der Waals surface area contributed by atoms with E-state index in [1.807, 2.05) is 0 Å². The largest absolute Gasteiger partial charge is 0.292 e. The second kappa shape index (κ2) is 5.75. The zero-order valence-corrected chi connectivity index (χ0v) is 11.6. The molecule has 0 radical (unpaired) electrons. The third-order valence-electron chi connectivity index (χ3n) is 3.27. The first-order valence-electron chi connectivity index (χ1n) is 6.21. The number of ketones is 1. The lowest BCUT2D eigenvalue weighted by atomic mass is 9.93. The van der Waals surface area contributed by atoms with Crippen LogP contribution in [0.25, 0.3) is 0 Å². The Morgan fingerprint density at radius 3 is 2.89 bits per heavy atom. The van der Waals surface area contributed by atoms with Gasteiger partial charge in [-0.1, -0.05) is 0 Å². The average Bonchev–Trinajstić information content (AvgIpc) is 2.39. The summed E-state index contributed by atoms with van der Waals surface area (Å²) in [6, 6.07) is 0. The molecule has 0 N–H and O–H groups in total. The third kappa shape index (κ3) is 3.81. The number of nitrogens with zero attached hydrogens (tertiary/aromatic N) is 3. The van der Waals surface area contributed by atoms with Gasteiger partial charge in [0.1, 0.15) is 5.69 Å². The van der Waals surface area contributed by atoms with E-state index >= 15 is 0 Å². The van der Waals surface area contributed by atoms with Crippen molar-refractivity contribution in [3.63, 3.8) is 0 Å². The van der Waals surface area contributed by atoms with Gasteiger partial charge in [-0.2, -0.15) is 0 Å². The van der Waals surface area contributed by atoms with E-state index in [-0.39, 0.29) is 11.7 Å². The smallest absolute Gasteiger partial charge is 0.211 e. The Bertz CT molecular complexity index is 545. The lowest BCUT2D eigenvalue weighted by Gasteiger charge is -2.30. The molecule has 0 aliphatic carbocycles. The van der Waals surface area contributed by atoms with Gasteiger partial charge in [-0.3, -0.25) is 9.78 Å². The molecule has 0 spiro atoms. The standard InChI is InChI=1S/C12H17N3O3S/c1-19(17,18)15-6-2-3-10(9-15)7-12(16)11-8-13-4-5-14-11/h4-5,8,10H,2-3,6-7,9H2,1H3. The van der Waals surface area contributed by atoms with E-state index in [0.29, 0.717) is 25.2 Å². The molecular weight excluding hydrogens is 266 g/mol. The van der Waals surface area contributed by atoms with E-state index in [9.17, 15) is 13.2 Å². The summed E-state index contributed by atoms with van der Waals surface area (Å²) in [6.45, 7) is 0.972. The van der Waals surface area contributed by atoms with Gasteiger partial charge >= 0.3 is 0 Å².